The van der Waals surface area contributed by atoms with Crippen molar-refractivity contribution >= 4 is 27.7 Å². The van der Waals surface area contributed by atoms with Gasteiger partial charge in [-0.1, -0.05) is 6.92 Å². The van der Waals surface area contributed by atoms with Crippen LogP contribution in [0.1, 0.15) is 13.3 Å². The van der Waals surface area contributed by atoms with Crippen molar-refractivity contribution in [1.29, 1.82) is 0 Å². The summed E-state index contributed by atoms with van der Waals surface area (Å²) in [5.74, 6) is 2.82. The zero-order valence-electron chi connectivity index (χ0n) is 9.17. The number of hydrogen-bond acceptors (Lipinski definition) is 3. The summed E-state index contributed by atoms with van der Waals surface area (Å²) in [6.07, 6.45) is 1.15. The van der Waals surface area contributed by atoms with Gasteiger partial charge in [-0.2, -0.15) is 0 Å². The van der Waals surface area contributed by atoms with Crippen molar-refractivity contribution in [3.63, 3.8) is 0 Å². The van der Waals surface area contributed by atoms with E-state index in [2.05, 4.69) is 22.9 Å². The Hall–Kier alpha value is -0.350. The monoisotopic (exact) mass is 290 g/mol. The first kappa shape index (κ1) is 12.7. The zero-order chi connectivity index (χ0) is 11.3. The first-order valence-corrected chi connectivity index (χ1v) is 6.55. The molecule has 4 heteroatoms. The van der Waals surface area contributed by atoms with Crippen molar-refractivity contribution in [2.45, 2.75) is 18.2 Å². The van der Waals surface area contributed by atoms with Gasteiger partial charge in [0.15, 0.2) is 0 Å². The van der Waals surface area contributed by atoms with Gasteiger partial charge in [-0.25, -0.2) is 0 Å². The van der Waals surface area contributed by atoms with E-state index in [1.807, 2.05) is 12.1 Å². The Balaban J connectivity index is 2.99. The topological polar surface area (TPSA) is 18.5 Å². The van der Waals surface area contributed by atoms with E-state index in [0.717, 1.165) is 33.0 Å². The number of methoxy groups -OCH3 is 2. The van der Waals surface area contributed by atoms with Crippen LogP contribution in [0.25, 0.3) is 0 Å². The van der Waals surface area contributed by atoms with E-state index < -0.39 is 0 Å². The number of rotatable bonds is 5. The highest BCUT2D eigenvalue weighted by atomic mass is 79.9. The predicted molar refractivity (Wildman–Crippen MR) is 68.3 cm³/mol. The molecule has 0 saturated carbocycles. The van der Waals surface area contributed by atoms with Gasteiger partial charge in [0, 0.05) is 0 Å². The Kier molecular flexibility index (Phi) is 5.32. The van der Waals surface area contributed by atoms with E-state index in [4.69, 9.17) is 9.47 Å². The molecule has 1 aromatic carbocycles. The van der Waals surface area contributed by atoms with Crippen LogP contribution >= 0.6 is 27.7 Å². The minimum absolute atomic E-state index is 0.842. The molecule has 84 valence electrons. The highest BCUT2D eigenvalue weighted by Gasteiger charge is 2.09. The average Bonchev–Trinajstić information content (AvgIpc) is 2.26. The summed E-state index contributed by atoms with van der Waals surface area (Å²) < 4.78 is 11.5. The molecular weight excluding hydrogens is 276 g/mol. The van der Waals surface area contributed by atoms with Crippen LogP contribution in [0.2, 0.25) is 0 Å². The minimum Gasteiger partial charge on any atom is -0.496 e. The van der Waals surface area contributed by atoms with Gasteiger partial charge in [0.2, 0.25) is 0 Å². The van der Waals surface area contributed by atoms with Crippen LogP contribution in [0.4, 0.5) is 0 Å². The first-order chi connectivity index (χ1) is 7.22. The molecule has 0 spiro atoms. The maximum atomic E-state index is 5.32. The lowest BCUT2D eigenvalue weighted by molar-refractivity contribution is 0.392. The van der Waals surface area contributed by atoms with Crippen LogP contribution in [0, 0.1) is 0 Å². The van der Waals surface area contributed by atoms with Gasteiger partial charge >= 0.3 is 0 Å². The maximum absolute atomic E-state index is 5.32. The van der Waals surface area contributed by atoms with Crippen molar-refractivity contribution in [2.24, 2.45) is 0 Å². The fourth-order valence-electron chi connectivity index (χ4n) is 1.16. The minimum atomic E-state index is 0.842. The van der Waals surface area contributed by atoms with Crippen molar-refractivity contribution in [3.8, 4) is 11.5 Å². The van der Waals surface area contributed by atoms with Crippen molar-refractivity contribution < 1.29 is 9.47 Å². The summed E-state index contributed by atoms with van der Waals surface area (Å²) in [6, 6.07) is 3.94. The summed E-state index contributed by atoms with van der Waals surface area (Å²) in [4.78, 5) is 1.12. The van der Waals surface area contributed by atoms with E-state index in [1.165, 1.54) is 0 Å². The third-order valence-corrected chi connectivity index (χ3v) is 3.76. The maximum Gasteiger partial charge on any atom is 0.134 e. The molecule has 0 bridgehead atoms. The Bertz CT molecular complexity index is 329. The normalized spacial score (nSPS) is 10.1. The first-order valence-electron chi connectivity index (χ1n) is 4.77. The summed E-state index contributed by atoms with van der Waals surface area (Å²) in [5.41, 5.74) is 0. The summed E-state index contributed by atoms with van der Waals surface area (Å²) in [6.45, 7) is 2.16. The predicted octanol–water partition coefficient (Wildman–Crippen LogP) is 3.97. The summed E-state index contributed by atoms with van der Waals surface area (Å²) >= 11 is 5.22. The molecule has 0 saturated heterocycles. The second-order valence-corrected chi connectivity index (χ2v) is 4.98. The quantitative estimate of drug-likeness (QED) is 0.765. The van der Waals surface area contributed by atoms with E-state index in [0.29, 0.717) is 0 Å². The third kappa shape index (κ3) is 3.31. The Morgan fingerprint density at radius 2 is 1.87 bits per heavy atom. The van der Waals surface area contributed by atoms with Crippen LogP contribution in [0.3, 0.4) is 0 Å². The lowest BCUT2D eigenvalue weighted by Gasteiger charge is -2.11. The van der Waals surface area contributed by atoms with Gasteiger partial charge in [0.05, 0.1) is 23.6 Å². The molecular formula is C11H15BrO2S. The molecule has 1 aromatic rings. The van der Waals surface area contributed by atoms with Crippen molar-refractivity contribution in [2.75, 3.05) is 20.0 Å². The molecule has 0 aliphatic rings. The summed E-state index contributed by atoms with van der Waals surface area (Å²) in [5, 5.41) is 0. The van der Waals surface area contributed by atoms with Gasteiger partial charge < -0.3 is 9.47 Å². The van der Waals surface area contributed by atoms with E-state index in [-0.39, 0.29) is 0 Å². The number of ether oxygens (including phenoxy) is 2. The molecule has 0 radical (unpaired) electrons. The van der Waals surface area contributed by atoms with Gasteiger partial charge in [-0.15, -0.1) is 11.8 Å². The molecule has 0 fully saturated rings. The zero-order valence-corrected chi connectivity index (χ0v) is 11.6. The molecule has 0 heterocycles. The molecule has 15 heavy (non-hydrogen) atoms. The molecule has 0 aliphatic carbocycles. The smallest absolute Gasteiger partial charge is 0.134 e. The lowest BCUT2D eigenvalue weighted by atomic mass is 10.3. The number of hydrogen-bond donors (Lipinski definition) is 0. The fraction of sp³-hybridized carbons (Fsp3) is 0.455. The number of halogens is 1. The van der Waals surface area contributed by atoms with Gasteiger partial charge in [0.25, 0.3) is 0 Å². The summed E-state index contributed by atoms with van der Waals surface area (Å²) in [7, 11) is 3.35. The Morgan fingerprint density at radius 1 is 1.20 bits per heavy atom. The van der Waals surface area contributed by atoms with Crippen LogP contribution in [0.15, 0.2) is 21.5 Å². The highest BCUT2D eigenvalue weighted by molar-refractivity contribution is 9.10. The van der Waals surface area contributed by atoms with Crippen LogP contribution in [-0.4, -0.2) is 20.0 Å². The largest absolute Gasteiger partial charge is 0.496 e. The van der Waals surface area contributed by atoms with Crippen LogP contribution in [0.5, 0.6) is 11.5 Å². The molecule has 1 rings (SSSR count). The van der Waals surface area contributed by atoms with Crippen molar-refractivity contribution in [1.82, 2.24) is 0 Å². The van der Waals surface area contributed by atoms with Gasteiger partial charge in [-0.3, -0.25) is 0 Å². The van der Waals surface area contributed by atoms with E-state index >= 15 is 0 Å². The van der Waals surface area contributed by atoms with Crippen LogP contribution in [-0.2, 0) is 0 Å². The molecule has 0 amide bonds. The molecule has 0 aliphatic heterocycles. The van der Waals surface area contributed by atoms with E-state index in [1.54, 1.807) is 26.0 Å². The van der Waals surface area contributed by atoms with Gasteiger partial charge in [0.1, 0.15) is 11.5 Å². The standard InChI is InChI=1S/C11H15BrO2S/c1-4-5-15-11-7-9(13-2)8(12)6-10(11)14-3/h6-7H,4-5H2,1-3H3. The molecule has 0 N–H and O–H groups in total. The molecule has 0 aromatic heterocycles. The average molecular weight is 291 g/mol. The van der Waals surface area contributed by atoms with Crippen molar-refractivity contribution in [3.05, 3.63) is 16.6 Å². The van der Waals surface area contributed by atoms with E-state index in [9.17, 15) is 0 Å². The fourth-order valence-corrected chi connectivity index (χ4v) is 2.54. The number of thioether (sulfide) groups is 1. The Morgan fingerprint density at radius 3 is 2.40 bits per heavy atom. The molecule has 0 atom stereocenters. The molecule has 0 unspecified atom stereocenters. The number of benzene rings is 1. The van der Waals surface area contributed by atoms with Gasteiger partial charge in [-0.05, 0) is 40.2 Å². The second kappa shape index (κ2) is 6.28. The third-order valence-electron chi connectivity index (χ3n) is 1.90. The Labute approximate surface area is 103 Å². The lowest BCUT2D eigenvalue weighted by Crippen LogP contribution is -1.91. The SMILES string of the molecule is CCCSc1cc(OC)c(Br)cc1OC. The van der Waals surface area contributed by atoms with Crippen LogP contribution < -0.4 is 9.47 Å². The molecule has 2 nitrogen and oxygen atoms in total. The second-order valence-electron chi connectivity index (χ2n) is 2.99. The highest BCUT2D eigenvalue weighted by Crippen LogP contribution is 2.38.